The topological polar surface area (TPSA) is 81.6 Å². The number of nitrogens with one attached hydrogen (secondary N) is 2. The number of benzene rings is 1. The highest BCUT2D eigenvalue weighted by Gasteiger charge is 2.12. The maximum Gasteiger partial charge on any atom is 0.255 e. The fraction of sp³-hybridized carbons (Fsp3) is 0.417. The number of carbonyl (C=O) groups is 1. The monoisotopic (exact) mass is 238 g/mol. The Bertz CT molecular complexity index is 380. The van der Waals surface area contributed by atoms with Crippen LogP contribution in [0, 0.1) is 0 Å². The molecular formula is C12H18N2O3. The van der Waals surface area contributed by atoms with Crippen LogP contribution in [0.25, 0.3) is 0 Å². The Balaban J connectivity index is 2.44. The zero-order valence-electron chi connectivity index (χ0n) is 9.86. The predicted molar refractivity (Wildman–Crippen MR) is 65.3 cm³/mol. The van der Waals surface area contributed by atoms with Gasteiger partial charge in [0.2, 0.25) is 0 Å². The quantitative estimate of drug-likeness (QED) is 0.437. The van der Waals surface area contributed by atoms with Gasteiger partial charge in [-0.1, -0.05) is 6.07 Å². The molecule has 94 valence electrons. The summed E-state index contributed by atoms with van der Waals surface area (Å²) in [6.07, 6.45) is 1.84. The van der Waals surface area contributed by atoms with Crippen molar-refractivity contribution in [2.24, 2.45) is 0 Å². The first kappa shape index (κ1) is 13.3. The largest absolute Gasteiger partial charge is 0.504 e. The second kappa shape index (κ2) is 6.75. The fourth-order valence-corrected chi connectivity index (χ4v) is 1.44. The molecule has 1 aromatic carbocycles. The van der Waals surface area contributed by atoms with Crippen molar-refractivity contribution in [2.45, 2.75) is 12.8 Å². The van der Waals surface area contributed by atoms with Crippen molar-refractivity contribution in [2.75, 3.05) is 20.1 Å². The summed E-state index contributed by atoms with van der Waals surface area (Å²) in [5.74, 6) is -1.03. The number of rotatable bonds is 6. The van der Waals surface area contributed by atoms with Gasteiger partial charge in [0.15, 0.2) is 11.5 Å². The van der Waals surface area contributed by atoms with Crippen molar-refractivity contribution in [1.82, 2.24) is 10.6 Å². The molecule has 0 aliphatic heterocycles. The van der Waals surface area contributed by atoms with Crippen molar-refractivity contribution in [3.05, 3.63) is 23.8 Å². The third kappa shape index (κ3) is 3.96. The minimum atomic E-state index is -0.375. The average molecular weight is 238 g/mol. The van der Waals surface area contributed by atoms with E-state index in [1.807, 2.05) is 7.05 Å². The molecule has 0 saturated heterocycles. The van der Waals surface area contributed by atoms with Crippen molar-refractivity contribution in [3.8, 4) is 11.5 Å². The Kier molecular flexibility index (Phi) is 5.29. The van der Waals surface area contributed by atoms with Crippen molar-refractivity contribution in [3.63, 3.8) is 0 Å². The minimum absolute atomic E-state index is 0.0959. The van der Waals surface area contributed by atoms with Gasteiger partial charge in [0, 0.05) is 6.54 Å². The summed E-state index contributed by atoms with van der Waals surface area (Å²) in [6, 6.07) is 4.32. The summed E-state index contributed by atoms with van der Waals surface area (Å²) < 4.78 is 0. The second-order valence-corrected chi connectivity index (χ2v) is 3.74. The number of amides is 1. The second-order valence-electron chi connectivity index (χ2n) is 3.74. The van der Waals surface area contributed by atoms with Gasteiger partial charge in [0.25, 0.3) is 5.91 Å². The van der Waals surface area contributed by atoms with Gasteiger partial charge in [-0.3, -0.25) is 4.79 Å². The number of hydrogen-bond acceptors (Lipinski definition) is 4. The summed E-state index contributed by atoms with van der Waals surface area (Å²) in [4.78, 5) is 11.7. The smallest absolute Gasteiger partial charge is 0.255 e. The minimum Gasteiger partial charge on any atom is -0.504 e. The van der Waals surface area contributed by atoms with Gasteiger partial charge in [-0.25, -0.2) is 0 Å². The first-order chi connectivity index (χ1) is 8.16. The lowest BCUT2D eigenvalue weighted by atomic mass is 10.1. The molecule has 5 nitrogen and oxygen atoms in total. The first-order valence-electron chi connectivity index (χ1n) is 5.60. The number of para-hydroxylation sites is 1. The van der Waals surface area contributed by atoms with Gasteiger partial charge < -0.3 is 20.8 Å². The summed E-state index contributed by atoms with van der Waals surface area (Å²) in [7, 11) is 1.88. The van der Waals surface area contributed by atoms with Crippen LogP contribution in [-0.4, -0.2) is 36.3 Å². The van der Waals surface area contributed by atoms with Gasteiger partial charge >= 0.3 is 0 Å². The molecule has 0 saturated carbocycles. The van der Waals surface area contributed by atoms with Gasteiger partial charge in [0.05, 0.1) is 5.56 Å². The summed E-state index contributed by atoms with van der Waals surface area (Å²) in [6.45, 7) is 1.46. The molecule has 17 heavy (non-hydrogen) atoms. The van der Waals surface area contributed by atoms with Crippen LogP contribution in [0.15, 0.2) is 18.2 Å². The van der Waals surface area contributed by atoms with Crippen molar-refractivity contribution < 1.29 is 15.0 Å². The lowest BCUT2D eigenvalue weighted by Gasteiger charge is -2.07. The van der Waals surface area contributed by atoms with Crippen molar-refractivity contribution in [1.29, 1.82) is 0 Å². The summed E-state index contributed by atoms with van der Waals surface area (Å²) in [5, 5.41) is 24.4. The van der Waals surface area contributed by atoms with E-state index in [-0.39, 0.29) is 23.0 Å². The molecule has 0 aromatic heterocycles. The maximum absolute atomic E-state index is 11.7. The van der Waals surface area contributed by atoms with E-state index in [0.717, 1.165) is 19.4 Å². The number of aromatic hydroxyl groups is 2. The standard InChI is InChI=1S/C12H18N2O3/c1-13-7-2-3-8-14-12(17)9-5-4-6-10(15)11(9)16/h4-6,13,15-16H,2-3,7-8H2,1H3,(H,14,17). The van der Waals surface area contributed by atoms with Crippen LogP contribution >= 0.6 is 0 Å². The molecule has 4 N–H and O–H groups in total. The van der Waals surface area contributed by atoms with Crippen LogP contribution in [0.1, 0.15) is 23.2 Å². The van der Waals surface area contributed by atoms with E-state index < -0.39 is 0 Å². The Morgan fingerprint density at radius 3 is 2.65 bits per heavy atom. The molecule has 0 unspecified atom stereocenters. The van der Waals surface area contributed by atoms with E-state index in [1.54, 1.807) is 0 Å². The number of carbonyl (C=O) groups excluding carboxylic acids is 1. The molecule has 1 aromatic rings. The van der Waals surface area contributed by atoms with E-state index in [9.17, 15) is 15.0 Å². The van der Waals surface area contributed by atoms with Crippen LogP contribution in [-0.2, 0) is 0 Å². The zero-order chi connectivity index (χ0) is 12.7. The molecule has 0 heterocycles. The molecule has 0 aliphatic rings. The van der Waals surface area contributed by atoms with Gasteiger partial charge in [0.1, 0.15) is 0 Å². The number of phenolic OH excluding ortho intramolecular Hbond substituents is 2. The van der Waals surface area contributed by atoms with E-state index in [2.05, 4.69) is 10.6 Å². The van der Waals surface area contributed by atoms with E-state index in [0.29, 0.717) is 6.54 Å². The molecule has 1 amide bonds. The SMILES string of the molecule is CNCCCCNC(=O)c1cccc(O)c1O. The van der Waals surface area contributed by atoms with E-state index >= 15 is 0 Å². The van der Waals surface area contributed by atoms with Crippen LogP contribution < -0.4 is 10.6 Å². The predicted octanol–water partition coefficient (Wildman–Crippen LogP) is 0.827. The molecule has 0 bridgehead atoms. The highest BCUT2D eigenvalue weighted by molar-refractivity contribution is 5.97. The fourth-order valence-electron chi connectivity index (χ4n) is 1.44. The van der Waals surface area contributed by atoms with Gasteiger partial charge in [-0.05, 0) is 38.6 Å². The highest BCUT2D eigenvalue weighted by Crippen LogP contribution is 2.27. The number of phenols is 2. The van der Waals surface area contributed by atoms with Crippen molar-refractivity contribution >= 4 is 5.91 Å². The molecule has 0 aliphatic carbocycles. The molecule has 1 rings (SSSR count). The van der Waals surface area contributed by atoms with Crippen LogP contribution in [0.2, 0.25) is 0 Å². The molecule has 0 spiro atoms. The van der Waals surface area contributed by atoms with Gasteiger partial charge in [-0.2, -0.15) is 0 Å². The molecule has 0 radical (unpaired) electrons. The van der Waals surface area contributed by atoms with Crippen LogP contribution in [0.5, 0.6) is 11.5 Å². The zero-order valence-corrected chi connectivity index (χ0v) is 9.86. The van der Waals surface area contributed by atoms with Gasteiger partial charge in [-0.15, -0.1) is 0 Å². The number of unbranched alkanes of at least 4 members (excludes halogenated alkanes) is 1. The lowest BCUT2D eigenvalue weighted by Crippen LogP contribution is -2.25. The average Bonchev–Trinajstić information content (AvgIpc) is 2.32. The normalized spacial score (nSPS) is 10.2. The first-order valence-corrected chi connectivity index (χ1v) is 5.60. The Morgan fingerprint density at radius 1 is 1.24 bits per heavy atom. The molecule has 5 heteroatoms. The summed E-state index contributed by atoms with van der Waals surface area (Å²) >= 11 is 0. The molecule has 0 atom stereocenters. The van der Waals surface area contributed by atoms with Crippen LogP contribution in [0.3, 0.4) is 0 Å². The third-order valence-electron chi connectivity index (χ3n) is 2.40. The Morgan fingerprint density at radius 2 is 1.94 bits per heavy atom. The summed E-state index contributed by atoms with van der Waals surface area (Å²) in [5.41, 5.74) is 0.0959. The third-order valence-corrected chi connectivity index (χ3v) is 2.40. The lowest BCUT2D eigenvalue weighted by molar-refractivity contribution is 0.0949. The Labute approximate surface area is 100 Å². The van der Waals surface area contributed by atoms with Crippen LogP contribution in [0.4, 0.5) is 0 Å². The molecular weight excluding hydrogens is 220 g/mol. The highest BCUT2D eigenvalue weighted by atomic mass is 16.3. The number of hydrogen-bond donors (Lipinski definition) is 4. The van der Waals surface area contributed by atoms with E-state index in [1.165, 1.54) is 18.2 Å². The maximum atomic E-state index is 11.7. The Hall–Kier alpha value is -1.75. The van der Waals surface area contributed by atoms with E-state index in [4.69, 9.17) is 0 Å². The molecule has 0 fully saturated rings.